The predicted octanol–water partition coefficient (Wildman–Crippen LogP) is 3.59. The lowest BCUT2D eigenvalue weighted by atomic mass is 10.2. The van der Waals surface area contributed by atoms with Gasteiger partial charge in [-0.2, -0.15) is 0 Å². The van der Waals surface area contributed by atoms with E-state index in [0.29, 0.717) is 0 Å². The van der Waals surface area contributed by atoms with E-state index >= 15 is 0 Å². The Morgan fingerprint density at radius 2 is 1.22 bits per heavy atom. The van der Waals surface area contributed by atoms with Gasteiger partial charge in [-0.3, -0.25) is 0 Å². The molecule has 6 heteroatoms. The summed E-state index contributed by atoms with van der Waals surface area (Å²) in [6.07, 6.45) is 5.46. The fourth-order valence-electron chi connectivity index (χ4n) is 1.91. The third-order valence-electron chi connectivity index (χ3n) is 3.26. The number of unbranched alkanes of at least 4 members (excludes halogenated alkanes) is 3. The van der Waals surface area contributed by atoms with Crippen LogP contribution in [0.3, 0.4) is 0 Å². The minimum absolute atomic E-state index is 0.143. The summed E-state index contributed by atoms with van der Waals surface area (Å²) in [5.74, 6) is 0. The van der Waals surface area contributed by atoms with Crippen molar-refractivity contribution in [2.24, 2.45) is 0 Å². The van der Waals surface area contributed by atoms with Crippen LogP contribution >= 0.6 is 10.7 Å². The van der Waals surface area contributed by atoms with Crippen LogP contribution in [0.15, 0.2) is 29.2 Å². The van der Waals surface area contributed by atoms with Crippen molar-refractivity contribution in [2.75, 3.05) is 41.3 Å². The summed E-state index contributed by atoms with van der Waals surface area (Å²) in [6, 6.07) is 6.37. The summed E-state index contributed by atoms with van der Waals surface area (Å²) >= 11 is 0. The molecule has 4 nitrogen and oxygen atoms in total. The Bertz CT molecular complexity index is 502. The molecule has 0 aliphatic rings. The van der Waals surface area contributed by atoms with Crippen LogP contribution in [0.4, 0.5) is 0 Å². The Kier molecular flexibility index (Phi) is 11.5. The van der Waals surface area contributed by atoms with Crippen molar-refractivity contribution in [1.29, 1.82) is 0 Å². The molecule has 0 aliphatic heterocycles. The maximum atomic E-state index is 10.7. The van der Waals surface area contributed by atoms with Gasteiger partial charge >= 0.3 is 0 Å². The van der Waals surface area contributed by atoms with Gasteiger partial charge in [0.2, 0.25) is 0 Å². The van der Waals surface area contributed by atoms with E-state index in [-0.39, 0.29) is 4.90 Å². The zero-order valence-electron chi connectivity index (χ0n) is 15.0. The average Bonchev–Trinajstić information content (AvgIpc) is 2.42. The summed E-state index contributed by atoms with van der Waals surface area (Å²) < 4.78 is 21.4. The molecule has 23 heavy (non-hydrogen) atoms. The van der Waals surface area contributed by atoms with Gasteiger partial charge in [0.15, 0.2) is 0 Å². The van der Waals surface area contributed by atoms with Crippen molar-refractivity contribution in [2.45, 2.75) is 37.5 Å². The summed E-state index contributed by atoms with van der Waals surface area (Å²) in [5.41, 5.74) is 1.01. The van der Waals surface area contributed by atoms with Crippen LogP contribution in [0, 0.1) is 6.92 Å². The lowest BCUT2D eigenvalue weighted by molar-refractivity contribution is 0.370. The van der Waals surface area contributed by atoms with E-state index in [1.54, 1.807) is 12.1 Å². The highest BCUT2D eigenvalue weighted by atomic mass is 35.7. The molecule has 1 aromatic rings. The van der Waals surface area contributed by atoms with Gasteiger partial charge in [0.05, 0.1) is 4.90 Å². The fourth-order valence-corrected chi connectivity index (χ4v) is 2.68. The first-order valence-electron chi connectivity index (χ1n) is 7.93. The molecule has 0 saturated heterocycles. The average molecular weight is 363 g/mol. The maximum absolute atomic E-state index is 10.7. The highest BCUT2D eigenvalue weighted by molar-refractivity contribution is 8.13. The zero-order chi connectivity index (χ0) is 17.9. The standard InChI is InChI=1S/C10H24N2.C7H7ClO2S/c1-11(2)9-7-5-6-8-10-12(3)4;1-6-2-4-7(5-3-6)11(8,9)10/h5-10H2,1-4H3;2-5H,1H3. The van der Waals surface area contributed by atoms with Crippen molar-refractivity contribution in [1.82, 2.24) is 9.80 Å². The van der Waals surface area contributed by atoms with E-state index in [0.717, 1.165) is 5.56 Å². The first-order chi connectivity index (χ1) is 10.6. The number of halogens is 1. The molecule has 0 bridgehead atoms. The largest absolute Gasteiger partial charge is 0.309 e. The first kappa shape index (κ1) is 22.4. The second kappa shape index (κ2) is 11.8. The molecule has 0 atom stereocenters. The van der Waals surface area contributed by atoms with Crippen molar-refractivity contribution >= 4 is 19.7 Å². The summed E-state index contributed by atoms with van der Waals surface area (Å²) in [7, 11) is 10.1. The van der Waals surface area contributed by atoms with Crippen LogP contribution in [-0.2, 0) is 9.05 Å². The van der Waals surface area contributed by atoms with Crippen LogP contribution in [0.2, 0.25) is 0 Å². The molecule has 0 heterocycles. The molecule has 0 amide bonds. The van der Waals surface area contributed by atoms with Gasteiger partial charge in [-0.15, -0.1) is 0 Å². The van der Waals surface area contributed by atoms with Gasteiger partial charge in [-0.1, -0.05) is 30.5 Å². The normalized spacial score (nSPS) is 11.5. The monoisotopic (exact) mass is 362 g/mol. The van der Waals surface area contributed by atoms with Crippen LogP contribution in [0.1, 0.15) is 31.2 Å². The molecule has 134 valence electrons. The van der Waals surface area contributed by atoms with Crippen LogP contribution in [0.5, 0.6) is 0 Å². The lowest BCUT2D eigenvalue weighted by Gasteiger charge is -2.10. The molecule has 0 aliphatic carbocycles. The molecule has 0 fully saturated rings. The summed E-state index contributed by atoms with van der Waals surface area (Å²) in [4.78, 5) is 4.66. The topological polar surface area (TPSA) is 40.6 Å². The van der Waals surface area contributed by atoms with Gasteiger partial charge in [0, 0.05) is 10.7 Å². The summed E-state index contributed by atoms with van der Waals surface area (Å²) in [6.45, 7) is 4.36. The van der Waals surface area contributed by atoms with E-state index in [4.69, 9.17) is 10.7 Å². The molecule has 0 N–H and O–H groups in total. The van der Waals surface area contributed by atoms with Gasteiger partial charge in [-0.05, 0) is 73.2 Å². The highest BCUT2D eigenvalue weighted by Gasteiger charge is 2.07. The Morgan fingerprint density at radius 3 is 1.52 bits per heavy atom. The van der Waals surface area contributed by atoms with E-state index in [9.17, 15) is 8.42 Å². The Hall–Kier alpha value is -0.620. The molecule has 1 aromatic carbocycles. The Balaban J connectivity index is 0.000000422. The smallest absolute Gasteiger partial charge is 0.261 e. The van der Waals surface area contributed by atoms with Gasteiger partial charge in [0.1, 0.15) is 0 Å². The van der Waals surface area contributed by atoms with E-state index < -0.39 is 9.05 Å². The zero-order valence-corrected chi connectivity index (χ0v) is 16.6. The number of hydrogen-bond donors (Lipinski definition) is 0. The van der Waals surface area contributed by atoms with Gasteiger partial charge < -0.3 is 9.80 Å². The predicted molar refractivity (Wildman–Crippen MR) is 99.8 cm³/mol. The van der Waals surface area contributed by atoms with E-state index in [1.807, 2.05) is 6.92 Å². The molecule has 0 radical (unpaired) electrons. The lowest BCUT2D eigenvalue weighted by Crippen LogP contribution is -2.14. The highest BCUT2D eigenvalue weighted by Crippen LogP contribution is 2.14. The SMILES string of the molecule is CN(C)CCCCCCN(C)C.Cc1ccc(S(=O)(=O)Cl)cc1. The van der Waals surface area contributed by atoms with E-state index in [2.05, 4.69) is 38.0 Å². The van der Waals surface area contributed by atoms with Crippen molar-refractivity contribution in [3.8, 4) is 0 Å². The van der Waals surface area contributed by atoms with Crippen molar-refractivity contribution < 1.29 is 8.42 Å². The van der Waals surface area contributed by atoms with Gasteiger partial charge in [-0.25, -0.2) is 8.42 Å². The summed E-state index contributed by atoms with van der Waals surface area (Å²) in [5, 5.41) is 0. The quantitative estimate of drug-likeness (QED) is 0.523. The second-order valence-corrected chi connectivity index (χ2v) is 8.84. The minimum Gasteiger partial charge on any atom is -0.309 e. The van der Waals surface area contributed by atoms with Crippen molar-refractivity contribution in [3.63, 3.8) is 0 Å². The molecule has 0 saturated carbocycles. The molecule has 0 aromatic heterocycles. The van der Waals surface area contributed by atoms with Crippen molar-refractivity contribution in [3.05, 3.63) is 29.8 Å². The minimum atomic E-state index is -3.55. The molecular weight excluding hydrogens is 332 g/mol. The molecule has 1 rings (SSSR count). The second-order valence-electron chi connectivity index (χ2n) is 6.27. The Labute approximate surface area is 146 Å². The van der Waals surface area contributed by atoms with Crippen LogP contribution in [0.25, 0.3) is 0 Å². The number of benzene rings is 1. The third-order valence-corrected chi connectivity index (χ3v) is 4.63. The molecular formula is C17H31ClN2O2S. The van der Waals surface area contributed by atoms with Gasteiger partial charge in [0.25, 0.3) is 9.05 Å². The van der Waals surface area contributed by atoms with Crippen LogP contribution < -0.4 is 0 Å². The number of nitrogens with zero attached hydrogens (tertiary/aromatic N) is 2. The number of aryl methyl sites for hydroxylation is 1. The fraction of sp³-hybridized carbons (Fsp3) is 0.647. The van der Waals surface area contributed by atoms with Crippen LogP contribution in [-0.4, -0.2) is 59.5 Å². The molecule has 0 spiro atoms. The third kappa shape index (κ3) is 13.5. The first-order valence-corrected chi connectivity index (χ1v) is 10.2. The maximum Gasteiger partial charge on any atom is 0.261 e. The number of rotatable bonds is 8. The molecule has 0 unspecified atom stereocenters. The number of hydrogen-bond acceptors (Lipinski definition) is 4. The Morgan fingerprint density at radius 1 is 0.826 bits per heavy atom. The van der Waals surface area contributed by atoms with E-state index in [1.165, 1.54) is 50.9 Å².